The van der Waals surface area contributed by atoms with E-state index in [1.165, 1.54) is 10.4 Å². The van der Waals surface area contributed by atoms with Crippen LogP contribution in [0, 0.1) is 13.8 Å². The number of benzene rings is 1. The molecule has 2 aromatic rings. The van der Waals surface area contributed by atoms with Gasteiger partial charge < -0.3 is 9.84 Å². The molecule has 3 rings (SSSR count). The van der Waals surface area contributed by atoms with Gasteiger partial charge >= 0.3 is 0 Å². The molecule has 7 nitrogen and oxygen atoms in total. The van der Waals surface area contributed by atoms with E-state index in [1.54, 1.807) is 19.1 Å². The highest BCUT2D eigenvalue weighted by atomic mass is 32.2. The number of hydrogen-bond donors (Lipinski definition) is 1. The van der Waals surface area contributed by atoms with Crippen LogP contribution in [0.4, 0.5) is 5.69 Å². The van der Waals surface area contributed by atoms with Crippen molar-refractivity contribution in [3.63, 3.8) is 0 Å². The van der Waals surface area contributed by atoms with Crippen molar-refractivity contribution in [2.24, 2.45) is 0 Å². The minimum absolute atomic E-state index is 0.00820. The van der Waals surface area contributed by atoms with Gasteiger partial charge in [0.05, 0.1) is 10.6 Å². The fraction of sp³-hybridized carbons (Fsp3) is 0.500. The van der Waals surface area contributed by atoms with E-state index < -0.39 is 10.0 Å². The zero-order valence-corrected chi connectivity index (χ0v) is 17.6. The molecule has 1 saturated heterocycles. The molecule has 1 aliphatic rings. The summed E-state index contributed by atoms with van der Waals surface area (Å²) in [5.74, 6) is 0.177. The molecule has 0 saturated carbocycles. The average molecular weight is 406 g/mol. The van der Waals surface area contributed by atoms with Crippen molar-refractivity contribution in [2.75, 3.05) is 18.4 Å². The van der Waals surface area contributed by atoms with Crippen molar-refractivity contribution in [1.29, 1.82) is 0 Å². The van der Waals surface area contributed by atoms with E-state index in [-0.39, 0.29) is 16.7 Å². The molecule has 1 aromatic heterocycles. The van der Waals surface area contributed by atoms with Crippen LogP contribution in [0.3, 0.4) is 0 Å². The van der Waals surface area contributed by atoms with E-state index in [1.807, 2.05) is 20.8 Å². The van der Waals surface area contributed by atoms with Crippen LogP contribution in [0.2, 0.25) is 0 Å². The molecule has 0 radical (unpaired) electrons. The van der Waals surface area contributed by atoms with Crippen LogP contribution in [0.15, 0.2) is 27.6 Å². The zero-order chi connectivity index (χ0) is 20.5. The summed E-state index contributed by atoms with van der Waals surface area (Å²) < 4.78 is 32.7. The van der Waals surface area contributed by atoms with E-state index in [0.29, 0.717) is 35.8 Å². The smallest absolute Gasteiger partial charge is 0.261 e. The van der Waals surface area contributed by atoms with E-state index in [4.69, 9.17) is 4.52 Å². The van der Waals surface area contributed by atoms with Crippen LogP contribution in [0.5, 0.6) is 0 Å². The second-order valence-electron chi connectivity index (χ2n) is 7.56. The number of amides is 1. The third-order valence-corrected chi connectivity index (χ3v) is 6.95. The lowest BCUT2D eigenvalue weighted by Crippen LogP contribution is -2.35. The first-order valence-corrected chi connectivity index (χ1v) is 11.0. The second-order valence-corrected chi connectivity index (χ2v) is 9.50. The first-order valence-electron chi connectivity index (χ1n) is 9.60. The van der Waals surface area contributed by atoms with E-state index in [0.717, 1.165) is 24.8 Å². The fourth-order valence-electron chi connectivity index (χ4n) is 3.39. The Balaban J connectivity index is 1.90. The maximum absolute atomic E-state index is 13.0. The summed E-state index contributed by atoms with van der Waals surface area (Å²) in [4.78, 5) is 13.1. The van der Waals surface area contributed by atoms with Crippen LogP contribution >= 0.6 is 0 Å². The van der Waals surface area contributed by atoms with Crippen molar-refractivity contribution in [3.8, 4) is 0 Å². The highest BCUT2D eigenvalue weighted by Crippen LogP contribution is 2.27. The van der Waals surface area contributed by atoms with E-state index in [2.05, 4.69) is 10.5 Å². The molecule has 2 heterocycles. The molecule has 28 heavy (non-hydrogen) atoms. The standard InChI is InChI=1S/C20H27N3O4S/c1-13(2)19-18(15(4)22-27-19)20(24)21-17-12-16(9-8-14(17)3)28(25,26)23-10-6-5-7-11-23/h8-9,12-13H,5-7,10-11H2,1-4H3,(H,21,24). The van der Waals surface area contributed by atoms with Gasteiger partial charge in [0, 0.05) is 24.7 Å². The lowest BCUT2D eigenvalue weighted by Gasteiger charge is -2.26. The Labute approximate surface area is 166 Å². The summed E-state index contributed by atoms with van der Waals surface area (Å²) in [5.41, 5.74) is 2.17. The maximum atomic E-state index is 13.0. The number of nitrogens with zero attached hydrogens (tertiary/aromatic N) is 2. The van der Waals surface area contributed by atoms with Gasteiger partial charge in [-0.1, -0.05) is 31.5 Å². The lowest BCUT2D eigenvalue weighted by atomic mass is 10.0. The highest BCUT2D eigenvalue weighted by Gasteiger charge is 2.27. The molecule has 1 N–H and O–H groups in total. The van der Waals surface area contributed by atoms with Crippen LogP contribution < -0.4 is 5.32 Å². The van der Waals surface area contributed by atoms with E-state index in [9.17, 15) is 13.2 Å². The van der Waals surface area contributed by atoms with Crippen molar-refractivity contribution in [2.45, 2.75) is 57.8 Å². The molecule has 152 valence electrons. The number of piperidine rings is 1. The molecule has 0 unspecified atom stereocenters. The SMILES string of the molecule is Cc1ccc(S(=O)(=O)N2CCCCC2)cc1NC(=O)c1c(C)noc1C(C)C. The van der Waals surface area contributed by atoms with Gasteiger partial charge in [-0.05, 0) is 44.4 Å². The van der Waals surface area contributed by atoms with Gasteiger partial charge in [0.2, 0.25) is 10.0 Å². The Morgan fingerprint density at radius 3 is 2.50 bits per heavy atom. The number of carbonyl (C=O) groups excluding carboxylic acids is 1. The molecule has 0 atom stereocenters. The Kier molecular flexibility index (Phi) is 5.90. The summed E-state index contributed by atoms with van der Waals surface area (Å²) in [6.45, 7) is 8.47. The largest absolute Gasteiger partial charge is 0.360 e. The molecular weight excluding hydrogens is 378 g/mol. The van der Waals surface area contributed by atoms with Gasteiger partial charge in [-0.2, -0.15) is 4.31 Å². The predicted octanol–water partition coefficient (Wildman–Crippen LogP) is 3.84. The average Bonchev–Trinajstić information content (AvgIpc) is 3.06. The van der Waals surface area contributed by atoms with Gasteiger partial charge in [0.25, 0.3) is 5.91 Å². The first-order chi connectivity index (χ1) is 13.2. The van der Waals surface area contributed by atoms with Crippen LogP contribution in [-0.4, -0.2) is 36.9 Å². The molecule has 0 aliphatic carbocycles. The minimum atomic E-state index is -3.57. The van der Waals surface area contributed by atoms with Crippen LogP contribution in [0.1, 0.15) is 66.4 Å². The molecular formula is C20H27N3O4S. The van der Waals surface area contributed by atoms with Crippen molar-refractivity contribution >= 4 is 21.6 Å². The second kappa shape index (κ2) is 8.05. The number of aromatic nitrogens is 1. The Hall–Kier alpha value is -2.19. The normalized spacial score (nSPS) is 15.8. The van der Waals surface area contributed by atoms with Gasteiger partial charge in [-0.15, -0.1) is 0 Å². The predicted molar refractivity (Wildman–Crippen MR) is 107 cm³/mol. The highest BCUT2D eigenvalue weighted by molar-refractivity contribution is 7.89. The maximum Gasteiger partial charge on any atom is 0.261 e. The lowest BCUT2D eigenvalue weighted by molar-refractivity contribution is 0.102. The molecule has 0 bridgehead atoms. The minimum Gasteiger partial charge on any atom is -0.360 e. The quantitative estimate of drug-likeness (QED) is 0.816. The zero-order valence-electron chi connectivity index (χ0n) is 16.8. The summed E-state index contributed by atoms with van der Waals surface area (Å²) in [6.07, 6.45) is 2.80. The van der Waals surface area contributed by atoms with Crippen molar-refractivity contribution in [3.05, 3.63) is 40.8 Å². The molecule has 1 fully saturated rings. The third-order valence-electron chi connectivity index (χ3n) is 5.05. The number of sulfonamides is 1. The van der Waals surface area contributed by atoms with Gasteiger partial charge in [-0.25, -0.2) is 8.42 Å². The summed E-state index contributed by atoms with van der Waals surface area (Å²) in [7, 11) is -3.57. The Morgan fingerprint density at radius 1 is 1.18 bits per heavy atom. The van der Waals surface area contributed by atoms with Gasteiger partial charge in [-0.3, -0.25) is 4.79 Å². The molecule has 0 spiro atoms. The third kappa shape index (κ3) is 3.98. The first kappa shape index (κ1) is 20.5. The van der Waals surface area contributed by atoms with Crippen molar-refractivity contribution in [1.82, 2.24) is 9.46 Å². The summed E-state index contributed by atoms with van der Waals surface area (Å²) in [5, 5.41) is 6.74. The van der Waals surface area contributed by atoms with E-state index >= 15 is 0 Å². The topological polar surface area (TPSA) is 92.5 Å². The number of rotatable bonds is 5. The fourth-order valence-corrected chi connectivity index (χ4v) is 4.94. The number of anilines is 1. The number of aryl methyl sites for hydroxylation is 2. The monoisotopic (exact) mass is 405 g/mol. The number of hydrogen-bond acceptors (Lipinski definition) is 5. The van der Waals surface area contributed by atoms with Crippen molar-refractivity contribution < 1.29 is 17.7 Å². The van der Waals surface area contributed by atoms with Gasteiger partial charge in [0.1, 0.15) is 5.56 Å². The molecule has 8 heteroatoms. The summed E-state index contributed by atoms with van der Waals surface area (Å²) >= 11 is 0. The molecule has 1 amide bonds. The molecule has 1 aliphatic heterocycles. The Morgan fingerprint density at radius 2 is 1.86 bits per heavy atom. The van der Waals surface area contributed by atoms with Gasteiger partial charge in [0.15, 0.2) is 5.76 Å². The Bertz CT molecular complexity index is 973. The number of carbonyl (C=O) groups is 1. The summed E-state index contributed by atoms with van der Waals surface area (Å²) in [6, 6.07) is 4.85. The van der Waals surface area contributed by atoms with Crippen LogP contribution in [0.25, 0.3) is 0 Å². The number of nitrogens with one attached hydrogen (secondary N) is 1. The van der Waals surface area contributed by atoms with Crippen LogP contribution in [-0.2, 0) is 10.0 Å². The molecule has 1 aromatic carbocycles.